The molecule has 0 saturated carbocycles. The quantitative estimate of drug-likeness (QED) is 0.843. The number of pyridine rings is 1. The first kappa shape index (κ1) is 9.16. The second kappa shape index (κ2) is 4.18. The lowest BCUT2D eigenvalue weighted by molar-refractivity contribution is 0.199. The zero-order chi connectivity index (χ0) is 8.27. The van der Waals surface area contributed by atoms with Crippen molar-refractivity contribution < 1.29 is 5.11 Å². The number of nitrogens with zero attached hydrogens (tertiary/aromatic N) is 1. The van der Waals surface area contributed by atoms with Crippen molar-refractivity contribution in [1.82, 2.24) is 4.98 Å². The molecule has 0 fully saturated rings. The molecule has 0 aliphatic heterocycles. The first-order valence-electron chi connectivity index (χ1n) is 3.10. The summed E-state index contributed by atoms with van der Waals surface area (Å²) >= 11 is 6.47. The molecule has 1 rings (SSSR count). The van der Waals surface area contributed by atoms with E-state index in [2.05, 4.69) is 36.8 Å². The lowest BCUT2D eigenvalue weighted by atomic mass is 10.2. The minimum Gasteiger partial charge on any atom is -0.386 e. The van der Waals surface area contributed by atoms with Gasteiger partial charge in [-0.1, -0.05) is 15.9 Å². The average Bonchev–Trinajstić information content (AvgIpc) is 2.04. The van der Waals surface area contributed by atoms with Gasteiger partial charge in [-0.25, -0.2) is 0 Å². The second-order valence-corrected chi connectivity index (χ2v) is 3.54. The second-order valence-electron chi connectivity index (χ2n) is 2.04. The van der Waals surface area contributed by atoms with Crippen molar-refractivity contribution in [3.8, 4) is 0 Å². The fourth-order valence-electron chi connectivity index (χ4n) is 0.716. The van der Waals surface area contributed by atoms with Gasteiger partial charge in [0, 0.05) is 16.0 Å². The monoisotopic (exact) mass is 279 g/mol. The lowest BCUT2D eigenvalue weighted by Crippen LogP contribution is -2.01. The van der Waals surface area contributed by atoms with Gasteiger partial charge in [-0.2, -0.15) is 0 Å². The summed E-state index contributed by atoms with van der Waals surface area (Å²) in [6.45, 7) is 0. The Labute approximate surface area is 81.9 Å². The maximum Gasteiger partial charge on any atom is 0.107 e. The van der Waals surface area contributed by atoms with Crippen LogP contribution in [0.25, 0.3) is 0 Å². The smallest absolute Gasteiger partial charge is 0.107 e. The van der Waals surface area contributed by atoms with Crippen molar-refractivity contribution in [1.29, 1.82) is 0 Å². The fraction of sp³-hybridized carbons (Fsp3) is 0.286. The predicted octanol–water partition coefficient (Wildman–Crippen LogP) is 2.27. The highest BCUT2D eigenvalue weighted by Gasteiger charge is 2.09. The van der Waals surface area contributed by atoms with E-state index in [0.717, 1.165) is 4.47 Å². The fourth-order valence-corrected chi connectivity index (χ4v) is 1.54. The van der Waals surface area contributed by atoms with Gasteiger partial charge >= 0.3 is 0 Å². The Kier molecular flexibility index (Phi) is 3.48. The van der Waals surface area contributed by atoms with Crippen LogP contribution in [0.3, 0.4) is 0 Å². The zero-order valence-electron chi connectivity index (χ0n) is 5.67. The maximum absolute atomic E-state index is 9.37. The molecule has 1 N–H and O–H groups in total. The van der Waals surface area contributed by atoms with E-state index < -0.39 is 6.10 Å². The van der Waals surface area contributed by atoms with Gasteiger partial charge < -0.3 is 5.11 Å². The highest BCUT2D eigenvalue weighted by atomic mass is 79.9. The van der Waals surface area contributed by atoms with Crippen molar-refractivity contribution in [2.24, 2.45) is 0 Å². The molecule has 4 heteroatoms. The van der Waals surface area contributed by atoms with Gasteiger partial charge in [-0.05, 0) is 28.1 Å². The maximum atomic E-state index is 9.37. The third kappa shape index (κ3) is 2.25. The van der Waals surface area contributed by atoms with Gasteiger partial charge in [0.2, 0.25) is 0 Å². The molecule has 0 bridgehead atoms. The van der Waals surface area contributed by atoms with E-state index >= 15 is 0 Å². The molecule has 1 heterocycles. The summed E-state index contributed by atoms with van der Waals surface area (Å²) in [7, 11) is 0. The van der Waals surface area contributed by atoms with Crippen LogP contribution in [-0.4, -0.2) is 15.4 Å². The van der Waals surface area contributed by atoms with E-state index in [1.807, 2.05) is 12.1 Å². The topological polar surface area (TPSA) is 33.1 Å². The van der Waals surface area contributed by atoms with E-state index in [1.165, 1.54) is 0 Å². The van der Waals surface area contributed by atoms with Gasteiger partial charge in [0.25, 0.3) is 0 Å². The summed E-state index contributed by atoms with van der Waals surface area (Å²) in [5.41, 5.74) is 0.671. The number of halogens is 2. The molecule has 11 heavy (non-hydrogen) atoms. The molecule has 0 saturated heterocycles. The Hall–Kier alpha value is 0.0700. The zero-order valence-corrected chi connectivity index (χ0v) is 8.84. The Morgan fingerprint density at radius 1 is 1.64 bits per heavy atom. The van der Waals surface area contributed by atoms with Crippen molar-refractivity contribution in [2.45, 2.75) is 6.10 Å². The highest BCUT2D eigenvalue weighted by molar-refractivity contribution is 9.10. The molecule has 1 aromatic rings. The Bertz CT molecular complexity index is 242. The summed E-state index contributed by atoms with van der Waals surface area (Å²) in [6, 6.07) is 3.67. The molecule has 0 amide bonds. The Morgan fingerprint density at radius 3 is 2.91 bits per heavy atom. The lowest BCUT2D eigenvalue weighted by Gasteiger charge is -2.06. The predicted molar refractivity (Wildman–Crippen MR) is 50.7 cm³/mol. The van der Waals surface area contributed by atoms with Gasteiger partial charge in [0.1, 0.15) is 6.10 Å². The number of rotatable bonds is 2. The highest BCUT2D eigenvalue weighted by Crippen LogP contribution is 2.21. The summed E-state index contributed by atoms with van der Waals surface area (Å²) < 4.78 is 0.840. The molecule has 2 nitrogen and oxygen atoms in total. The van der Waals surface area contributed by atoms with Crippen LogP contribution >= 0.6 is 31.9 Å². The van der Waals surface area contributed by atoms with Crippen LogP contribution in [0.2, 0.25) is 0 Å². The van der Waals surface area contributed by atoms with Crippen molar-refractivity contribution in [2.75, 3.05) is 5.33 Å². The summed E-state index contributed by atoms with van der Waals surface area (Å²) in [5, 5.41) is 9.87. The number of hydrogen-bond donors (Lipinski definition) is 1. The Balaban J connectivity index is 2.93. The van der Waals surface area contributed by atoms with Crippen LogP contribution in [0.5, 0.6) is 0 Å². The molecule has 60 valence electrons. The minimum atomic E-state index is -0.537. The standard InChI is InChI=1S/C7H7Br2NO/c8-4-6(11)7-5(9)2-1-3-10-7/h1-3,6,11H,4H2. The van der Waals surface area contributed by atoms with Crippen LogP contribution in [-0.2, 0) is 0 Å². The third-order valence-corrected chi connectivity index (χ3v) is 2.53. The van der Waals surface area contributed by atoms with Crippen LogP contribution < -0.4 is 0 Å². The van der Waals surface area contributed by atoms with Crippen molar-refractivity contribution in [3.63, 3.8) is 0 Å². The molecule has 0 aromatic carbocycles. The van der Waals surface area contributed by atoms with Crippen LogP contribution in [0, 0.1) is 0 Å². The molecule has 0 radical (unpaired) electrons. The van der Waals surface area contributed by atoms with Gasteiger partial charge in [0.05, 0.1) is 5.69 Å². The third-order valence-electron chi connectivity index (χ3n) is 1.25. The van der Waals surface area contributed by atoms with Crippen LogP contribution in [0.15, 0.2) is 22.8 Å². The first-order valence-corrected chi connectivity index (χ1v) is 5.01. The molecule has 0 aliphatic carbocycles. The largest absolute Gasteiger partial charge is 0.386 e. The van der Waals surface area contributed by atoms with Crippen molar-refractivity contribution in [3.05, 3.63) is 28.5 Å². The van der Waals surface area contributed by atoms with E-state index in [4.69, 9.17) is 0 Å². The number of aliphatic hydroxyl groups excluding tert-OH is 1. The molecule has 0 spiro atoms. The van der Waals surface area contributed by atoms with E-state index in [1.54, 1.807) is 6.20 Å². The molecule has 1 atom stereocenters. The number of aliphatic hydroxyl groups is 1. The SMILES string of the molecule is OC(CBr)c1ncccc1Br. The van der Waals surface area contributed by atoms with E-state index in [-0.39, 0.29) is 0 Å². The first-order chi connectivity index (χ1) is 5.25. The van der Waals surface area contributed by atoms with Crippen LogP contribution in [0.1, 0.15) is 11.8 Å². The molecule has 1 aromatic heterocycles. The van der Waals surface area contributed by atoms with Gasteiger partial charge in [-0.15, -0.1) is 0 Å². The van der Waals surface area contributed by atoms with E-state index in [9.17, 15) is 5.11 Å². The van der Waals surface area contributed by atoms with Crippen LogP contribution in [0.4, 0.5) is 0 Å². The number of hydrogen-bond acceptors (Lipinski definition) is 2. The number of aromatic nitrogens is 1. The summed E-state index contributed by atoms with van der Waals surface area (Å²) in [5.74, 6) is 0. The summed E-state index contributed by atoms with van der Waals surface area (Å²) in [6.07, 6.45) is 1.12. The van der Waals surface area contributed by atoms with Crippen molar-refractivity contribution >= 4 is 31.9 Å². The van der Waals surface area contributed by atoms with Gasteiger partial charge in [0.15, 0.2) is 0 Å². The normalized spacial score (nSPS) is 13.0. The Morgan fingerprint density at radius 2 is 2.36 bits per heavy atom. The summed E-state index contributed by atoms with van der Waals surface area (Å²) in [4.78, 5) is 4.02. The number of alkyl halides is 1. The minimum absolute atomic E-state index is 0.503. The molecule has 1 unspecified atom stereocenters. The van der Waals surface area contributed by atoms with Gasteiger partial charge in [-0.3, -0.25) is 4.98 Å². The van der Waals surface area contributed by atoms with E-state index in [0.29, 0.717) is 11.0 Å². The molecular formula is C7H7Br2NO. The average molecular weight is 281 g/mol. The molecule has 0 aliphatic rings. The molecular weight excluding hydrogens is 274 g/mol.